The molecule has 8 heteroatoms. The molecule has 0 aliphatic heterocycles. The van der Waals surface area contributed by atoms with Gasteiger partial charge in [0.1, 0.15) is 11.6 Å². The maximum Gasteiger partial charge on any atom is 0.387 e. The lowest BCUT2D eigenvalue weighted by molar-refractivity contribution is -0.0498. The van der Waals surface area contributed by atoms with Crippen LogP contribution in [0.3, 0.4) is 0 Å². The summed E-state index contributed by atoms with van der Waals surface area (Å²) in [6.45, 7) is 2.70. The standard InChI is InChI=1S/C19H18F2N4O2/c1-11-5-4-6-16(12(11)2)23-18(26)17-22-13(3)25(24-17)14-7-9-15(10-8-14)27-19(20)21/h4-10,19H,1-3H3,(H,23,26). The third-order valence-corrected chi connectivity index (χ3v) is 4.13. The Hall–Kier alpha value is -3.29. The first-order valence-electron chi connectivity index (χ1n) is 8.21. The van der Waals surface area contributed by atoms with Gasteiger partial charge in [0, 0.05) is 5.69 Å². The molecule has 1 amide bonds. The molecule has 0 bridgehead atoms. The number of nitrogens with zero attached hydrogens (tertiary/aromatic N) is 3. The molecule has 0 unspecified atom stereocenters. The summed E-state index contributed by atoms with van der Waals surface area (Å²) in [6.07, 6.45) is 0. The maximum absolute atomic E-state index is 12.5. The summed E-state index contributed by atoms with van der Waals surface area (Å²) < 4.78 is 30.3. The molecular formula is C19H18F2N4O2. The van der Waals surface area contributed by atoms with E-state index in [4.69, 9.17) is 0 Å². The van der Waals surface area contributed by atoms with E-state index < -0.39 is 12.5 Å². The zero-order valence-corrected chi connectivity index (χ0v) is 15.0. The van der Waals surface area contributed by atoms with Gasteiger partial charge in [-0.3, -0.25) is 4.79 Å². The van der Waals surface area contributed by atoms with Crippen LogP contribution >= 0.6 is 0 Å². The van der Waals surface area contributed by atoms with Crippen LogP contribution in [0.2, 0.25) is 0 Å². The smallest absolute Gasteiger partial charge is 0.387 e. The molecular weight excluding hydrogens is 354 g/mol. The first-order valence-corrected chi connectivity index (χ1v) is 8.21. The minimum atomic E-state index is -2.88. The second-order valence-corrected chi connectivity index (χ2v) is 5.97. The lowest BCUT2D eigenvalue weighted by atomic mass is 10.1. The van der Waals surface area contributed by atoms with Crippen LogP contribution in [0, 0.1) is 20.8 Å². The number of amides is 1. The Morgan fingerprint density at radius 1 is 1.11 bits per heavy atom. The fraction of sp³-hybridized carbons (Fsp3) is 0.211. The normalized spacial score (nSPS) is 10.9. The van der Waals surface area contributed by atoms with Crippen LogP contribution in [0.1, 0.15) is 27.6 Å². The second-order valence-electron chi connectivity index (χ2n) is 5.97. The van der Waals surface area contributed by atoms with Crippen molar-refractivity contribution in [2.45, 2.75) is 27.4 Å². The second kappa shape index (κ2) is 7.53. The Kier molecular flexibility index (Phi) is 5.16. The largest absolute Gasteiger partial charge is 0.435 e. The van der Waals surface area contributed by atoms with Gasteiger partial charge in [-0.05, 0) is 62.2 Å². The summed E-state index contributed by atoms with van der Waals surface area (Å²) in [6, 6.07) is 11.6. The van der Waals surface area contributed by atoms with Gasteiger partial charge in [-0.25, -0.2) is 9.67 Å². The van der Waals surface area contributed by atoms with E-state index in [9.17, 15) is 13.6 Å². The van der Waals surface area contributed by atoms with E-state index >= 15 is 0 Å². The third-order valence-electron chi connectivity index (χ3n) is 4.13. The molecule has 1 N–H and O–H groups in total. The van der Waals surface area contributed by atoms with Crippen LogP contribution in [0.4, 0.5) is 14.5 Å². The van der Waals surface area contributed by atoms with Crippen LogP contribution in [0.15, 0.2) is 42.5 Å². The molecule has 0 fully saturated rings. The monoisotopic (exact) mass is 372 g/mol. The average Bonchev–Trinajstić information content (AvgIpc) is 3.01. The van der Waals surface area contributed by atoms with Gasteiger partial charge in [0.25, 0.3) is 5.91 Å². The highest BCUT2D eigenvalue weighted by atomic mass is 19.3. The van der Waals surface area contributed by atoms with Gasteiger partial charge < -0.3 is 10.1 Å². The van der Waals surface area contributed by atoms with Crippen LogP contribution in [-0.2, 0) is 0 Å². The van der Waals surface area contributed by atoms with E-state index in [1.54, 1.807) is 19.1 Å². The minimum absolute atomic E-state index is 0.0151. The Morgan fingerprint density at radius 3 is 2.48 bits per heavy atom. The van der Waals surface area contributed by atoms with Crippen molar-refractivity contribution in [3.05, 3.63) is 65.2 Å². The highest BCUT2D eigenvalue weighted by Crippen LogP contribution is 2.20. The number of anilines is 1. The van der Waals surface area contributed by atoms with E-state index in [-0.39, 0.29) is 11.6 Å². The number of aryl methyl sites for hydroxylation is 2. The fourth-order valence-electron chi connectivity index (χ4n) is 2.56. The molecule has 1 aromatic heterocycles. The molecule has 140 valence electrons. The van der Waals surface area contributed by atoms with Crippen molar-refractivity contribution in [1.29, 1.82) is 0 Å². The van der Waals surface area contributed by atoms with Gasteiger partial charge in [0.15, 0.2) is 0 Å². The lowest BCUT2D eigenvalue weighted by Crippen LogP contribution is -2.15. The van der Waals surface area contributed by atoms with E-state index in [0.29, 0.717) is 17.2 Å². The number of hydrogen-bond donors (Lipinski definition) is 1. The number of hydrogen-bond acceptors (Lipinski definition) is 4. The number of carbonyl (C=O) groups is 1. The van der Waals surface area contributed by atoms with Crippen molar-refractivity contribution in [3.8, 4) is 11.4 Å². The molecule has 0 saturated heterocycles. The summed E-state index contributed by atoms with van der Waals surface area (Å²) in [4.78, 5) is 16.7. The highest BCUT2D eigenvalue weighted by molar-refractivity contribution is 6.02. The first kappa shape index (κ1) is 18.5. The molecule has 0 saturated carbocycles. The first-order chi connectivity index (χ1) is 12.8. The molecule has 0 atom stereocenters. The molecule has 0 spiro atoms. The number of carbonyl (C=O) groups excluding carboxylic acids is 1. The molecule has 2 aromatic carbocycles. The Balaban J connectivity index is 1.81. The quantitative estimate of drug-likeness (QED) is 0.734. The van der Waals surface area contributed by atoms with Crippen LogP contribution in [0.25, 0.3) is 5.69 Å². The molecule has 6 nitrogen and oxygen atoms in total. The van der Waals surface area contributed by atoms with E-state index in [0.717, 1.165) is 11.1 Å². The Morgan fingerprint density at radius 2 is 1.81 bits per heavy atom. The van der Waals surface area contributed by atoms with Gasteiger partial charge in [-0.1, -0.05) is 12.1 Å². The predicted octanol–water partition coefficient (Wildman–Crippen LogP) is 4.05. The van der Waals surface area contributed by atoms with Gasteiger partial charge in [0.05, 0.1) is 5.69 Å². The number of aromatic nitrogens is 3. The van der Waals surface area contributed by atoms with Crippen molar-refractivity contribution in [2.24, 2.45) is 0 Å². The number of ether oxygens (including phenoxy) is 1. The van der Waals surface area contributed by atoms with Gasteiger partial charge in [-0.2, -0.15) is 8.78 Å². The number of alkyl halides is 2. The van der Waals surface area contributed by atoms with Gasteiger partial charge >= 0.3 is 6.61 Å². The molecule has 0 aliphatic carbocycles. The van der Waals surface area contributed by atoms with Crippen LogP contribution in [0.5, 0.6) is 5.75 Å². The summed E-state index contributed by atoms with van der Waals surface area (Å²) in [5, 5.41) is 7.03. The van der Waals surface area contributed by atoms with E-state index in [2.05, 4.69) is 20.1 Å². The van der Waals surface area contributed by atoms with Crippen LogP contribution < -0.4 is 10.1 Å². The zero-order valence-electron chi connectivity index (χ0n) is 15.0. The Bertz CT molecular complexity index is 968. The van der Waals surface area contributed by atoms with Crippen molar-refractivity contribution < 1.29 is 18.3 Å². The van der Waals surface area contributed by atoms with Gasteiger partial charge in [0.2, 0.25) is 5.82 Å². The maximum atomic E-state index is 12.5. The zero-order chi connectivity index (χ0) is 19.6. The fourth-order valence-corrected chi connectivity index (χ4v) is 2.56. The van der Waals surface area contributed by atoms with Gasteiger partial charge in [-0.15, -0.1) is 5.10 Å². The van der Waals surface area contributed by atoms with E-state index in [1.165, 1.54) is 16.8 Å². The Labute approximate surface area is 154 Å². The topological polar surface area (TPSA) is 69.0 Å². The third kappa shape index (κ3) is 4.11. The summed E-state index contributed by atoms with van der Waals surface area (Å²) in [7, 11) is 0. The van der Waals surface area contributed by atoms with Crippen molar-refractivity contribution >= 4 is 11.6 Å². The molecule has 0 aliphatic rings. The number of nitrogens with one attached hydrogen (secondary N) is 1. The lowest BCUT2D eigenvalue weighted by Gasteiger charge is -2.08. The SMILES string of the molecule is Cc1cccc(NC(=O)c2nc(C)n(-c3ccc(OC(F)F)cc3)n2)c1C. The van der Waals surface area contributed by atoms with Crippen molar-refractivity contribution in [3.63, 3.8) is 0 Å². The van der Waals surface area contributed by atoms with E-state index in [1.807, 2.05) is 32.0 Å². The summed E-state index contributed by atoms with van der Waals surface area (Å²) in [5.74, 6) is 0.118. The summed E-state index contributed by atoms with van der Waals surface area (Å²) >= 11 is 0. The average molecular weight is 372 g/mol. The van der Waals surface area contributed by atoms with Crippen molar-refractivity contribution in [1.82, 2.24) is 14.8 Å². The van der Waals surface area contributed by atoms with Crippen molar-refractivity contribution in [2.75, 3.05) is 5.32 Å². The molecule has 3 aromatic rings. The number of rotatable bonds is 5. The molecule has 0 radical (unpaired) electrons. The molecule has 1 heterocycles. The minimum Gasteiger partial charge on any atom is -0.435 e. The van der Waals surface area contributed by atoms with Crippen LogP contribution in [-0.4, -0.2) is 27.3 Å². The highest BCUT2D eigenvalue weighted by Gasteiger charge is 2.16. The summed E-state index contributed by atoms with van der Waals surface area (Å²) in [5.41, 5.74) is 3.31. The number of benzene rings is 2. The molecule has 27 heavy (non-hydrogen) atoms. The molecule has 3 rings (SSSR count). The number of halogens is 2. The predicted molar refractivity (Wildman–Crippen MR) is 96.6 cm³/mol.